The number of methoxy groups -OCH3 is 1. The van der Waals surface area contributed by atoms with Crippen molar-refractivity contribution >= 4 is 0 Å². The van der Waals surface area contributed by atoms with Crippen LogP contribution >= 0.6 is 0 Å². The number of rotatable bonds is 6. The van der Waals surface area contributed by atoms with Crippen LogP contribution < -0.4 is 5.32 Å². The molecule has 1 aromatic rings. The quantitative estimate of drug-likeness (QED) is 0.798. The first kappa shape index (κ1) is 13.1. The average Bonchev–Trinajstić information content (AvgIpc) is 2.66. The lowest BCUT2D eigenvalue weighted by molar-refractivity contribution is 0.116. The first-order valence-corrected chi connectivity index (χ1v) is 5.60. The molecular formula is C11H21N3O2. The molecule has 16 heavy (non-hydrogen) atoms. The van der Waals surface area contributed by atoms with E-state index in [1.54, 1.807) is 7.11 Å². The molecule has 1 atom stereocenters. The van der Waals surface area contributed by atoms with Gasteiger partial charge in [-0.1, -0.05) is 12.1 Å². The smallest absolute Gasteiger partial charge is 0.246 e. The van der Waals surface area contributed by atoms with E-state index in [1.165, 1.54) is 0 Å². The Morgan fingerprint density at radius 2 is 2.19 bits per heavy atom. The van der Waals surface area contributed by atoms with Gasteiger partial charge < -0.3 is 14.6 Å². The Morgan fingerprint density at radius 1 is 1.50 bits per heavy atom. The van der Waals surface area contributed by atoms with E-state index in [1.807, 2.05) is 27.7 Å². The van der Waals surface area contributed by atoms with Crippen molar-refractivity contribution in [3.63, 3.8) is 0 Å². The molecule has 0 spiro atoms. The molecule has 0 saturated carbocycles. The lowest BCUT2D eigenvalue weighted by atomic mass is 10.1. The van der Waals surface area contributed by atoms with Crippen LogP contribution in [0.25, 0.3) is 0 Å². The minimum Gasteiger partial charge on any atom is -0.381 e. The van der Waals surface area contributed by atoms with Crippen LogP contribution in [-0.2, 0) is 16.7 Å². The number of aromatic nitrogens is 2. The fraction of sp³-hybridized carbons (Fsp3) is 0.818. The second-order valence-corrected chi connectivity index (χ2v) is 4.42. The topological polar surface area (TPSA) is 60.2 Å². The number of ether oxygens (including phenoxy) is 1. The zero-order chi connectivity index (χ0) is 12.2. The largest absolute Gasteiger partial charge is 0.381 e. The van der Waals surface area contributed by atoms with Crippen LogP contribution in [-0.4, -0.2) is 29.9 Å². The summed E-state index contributed by atoms with van der Waals surface area (Å²) in [7, 11) is 1.67. The van der Waals surface area contributed by atoms with Gasteiger partial charge in [-0.25, -0.2) is 0 Å². The Kier molecular flexibility index (Phi) is 4.44. The monoisotopic (exact) mass is 227 g/mol. The molecule has 1 heterocycles. The minimum absolute atomic E-state index is 0.104. The molecule has 0 aliphatic heterocycles. The molecule has 1 unspecified atom stereocenters. The molecule has 0 bridgehead atoms. The number of hydrogen-bond acceptors (Lipinski definition) is 5. The zero-order valence-corrected chi connectivity index (χ0v) is 10.7. The van der Waals surface area contributed by atoms with Crippen LogP contribution in [0.2, 0.25) is 0 Å². The summed E-state index contributed by atoms with van der Waals surface area (Å²) in [6, 6.07) is 0. The number of nitrogens with zero attached hydrogens (tertiary/aromatic N) is 2. The van der Waals surface area contributed by atoms with Gasteiger partial charge in [0.05, 0.1) is 11.6 Å². The van der Waals surface area contributed by atoms with Gasteiger partial charge in [0.15, 0.2) is 5.82 Å². The summed E-state index contributed by atoms with van der Waals surface area (Å²) >= 11 is 0. The first-order chi connectivity index (χ1) is 7.49. The lowest BCUT2D eigenvalue weighted by Gasteiger charge is -2.20. The van der Waals surface area contributed by atoms with E-state index in [2.05, 4.69) is 15.5 Å². The molecule has 0 amide bonds. The van der Waals surface area contributed by atoms with Gasteiger partial charge in [-0.2, -0.15) is 4.98 Å². The maximum Gasteiger partial charge on any atom is 0.246 e. The first-order valence-electron chi connectivity index (χ1n) is 5.60. The number of hydrogen-bond donors (Lipinski definition) is 1. The highest BCUT2D eigenvalue weighted by atomic mass is 16.5. The van der Waals surface area contributed by atoms with E-state index in [-0.39, 0.29) is 11.6 Å². The summed E-state index contributed by atoms with van der Waals surface area (Å²) in [6.07, 6.45) is 0.773. The Balaban J connectivity index is 2.70. The Morgan fingerprint density at radius 3 is 2.75 bits per heavy atom. The van der Waals surface area contributed by atoms with Gasteiger partial charge in [-0.15, -0.1) is 0 Å². The molecule has 5 nitrogen and oxygen atoms in total. The van der Waals surface area contributed by atoms with E-state index in [0.717, 1.165) is 6.54 Å². The molecule has 1 rings (SSSR count). The summed E-state index contributed by atoms with van der Waals surface area (Å²) in [6.45, 7) is 8.93. The highest BCUT2D eigenvalue weighted by molar-refractivity contribution is 4.99. The Labute approximate surface area is 96.6 Å². The predicted molar refractivity (Wildman–Crippen MR) is 61.2 cm³/mol. The summed E-state index contributed by atoms with van der Waals surface area (Å²) in [5, 5.41) is 7.24. The second kappa shape index (κ2) is 5.41. The SMILES string of the molecule is CCNC(C)(C)c1nc(CC(C)OC)no1. The molecular weight excluding hydrogens is 206 g/mol. The van der Waals surface area contributed by atoms with Crippen molar-refractivity contribution in [1.29, 1.82) is 0 Å². The maximum atomic E-state index is 5.25. The van der Waals surface area contributed by atoms with E-state index >= 15 is 0 Å². The zero-order valence-electron chi connectivity index (χ0n) is 10.7. The molecule has 0 aliphatic carbocycles. The molecule has 5 heteroatoms. The molecule has 1 N–H and O–H groups in total. The summed E-state index contributed by atoms with van der Waals surface area (Å²) in [4.78, 5) is 4.37. The van der Waals surface area contributed by atoms with Crippen LogP contribution in [0.1, 0.15) is 39.4 Å². The molecule has 1 aromatic heterocycles. The van der Waals surface area contributed by atoms with E-state index in [4.69, 9.17) is 9.26 Å². The van der Waals surface area contributed by atoms with Gasteiger partial charge in [-0.05, 0) is 27.3 Å². The van der Waals surface area contributed by atoms with Crippen molar-refractivity contribution in [2.45, 2.75) is 45.8 Å². The van der Waals surface area contributed by atoms with Crippen molar-refractivity contribution in [2.24, 2.45) is 0 Å². The fourth-order valence-corrected chi connectivity index (χ4v) is 1.45. The van der Waals surface area contributed by atoms with Crippen LogP contribution in [0.15, 0.2) is 4.52 Å². The molecule has 0 aromatic carbocycles. The van der Waals surface area contributed by atoms with Crippen molar-refractivity contribution < 1.29 is 9.26 Å². The fourth-order valence-electron chi connectivity index (χ4n) is 1.45. The van der Waals surface area contributed by atoms with Gasteiger partial charge in [-0.3, -0.25) is 0 Å². The Bertz CT molecular complexity index is 323. The van der Waals surface area contributed by atoms with Crippen LogP contribution in [0.5, 0.6) is 0 Å². The molecule has 0 radical (unpaired) electrons. The second-order valence-electron chi connectivity index (χ2n) is 4.42. The molecule has 0 fully saturated rings. The maximum absolute atomic E-state index is 5.25. The van der Waals surface area contributed by atoms with Gasteiger partial charge in [0.2, 0.25) is 5.89 Å². The van der Waals surface area contributed by atoms with Gasteiger partial charge in [0.25, 0.3) is 0 Å². The molecule has 92 valence electrons. The molecule has 0 aliphatic rings. The minimum atomic E-state index is -0.281. The highest BCUT2D eigenvalue weighted by Gasteiger charge is 2.26. The van der Waals surface area contributed by atoms with Crippen LogP contribution in [0.4, 0.5) is 0 Å². The summed E-state index contributed by atoms with van der Waals surface area (Å²) in [5.41, 5.74) is -0.281. The third-order valence-electron chi connectivity index (χ3n) is 2.49. The van der Waals surface area contributed by atoms with Crippen molar-refractivity contribution in [3.8, 4) is 0 Å². The van der Waals surface area contributed by atoms with E-state index in [9.17, 15) is 0 Å². The van der Waals surface area contributed by atoms with Crippen LogP contribution in [0, 0.1) is 0 Å². The predicted octanol–water partition coefficient (Wildman–Crippen LogP) is 1.49. The van der Waals surface area contributed by atoms with Crippen molar-refractivity contribution in [3.05, 3.63) is 11.7 Å². The highest BCUT2D eigenvalue weighted by Crippen LogP contribution is 2.17. The number of nitrogens with one attached hydrogen (secondary N) is 1. The van der Waals surface area contributed by atoms with Gasteiger partial charge >= 0.3 is 0 Å². The summed E-state index contributed by atoms with van der Waals surface area (Å²) < 4.78 is 10.4. The standard InChI is InChI=1S/C11H21N3O2/c1-6-12-11(3,4)10-13-9(14-16-10)7-8(2)15-5/h8,12H,6-7H2,1-5H3. The average molecular weight is 227 g/mol. The van der Waals surface area contributed by atoms with E-state index in [0.29, 0.717) is 18.1 Å². The third-order valence-corrected chi connectivity index (χ3v) is 2.49. The normalized spacial score (nSPS) is 14.1. The van der Waals surface area contributed by atoms with Gasteiger partial charge in [0.1, 0.15) is 0 Å². The van der Waals surface area contributed by atoms with Crippen LogP contribution in [0.3, 0.4) is 0 Å². The Hall–Kier alpha value is -0.940. The van der Waals surface area contributed by atoms with Crippen molar-refractivity contribution in [1.82, 2.24) is 15.5 Å². The van der Waals surface area contributed by atoms with Crippen molar-refractivity contribution in [2.75, 3.05) is 13.7 Å². The molecule has 0 saturated heterocycles. The summed E-state index contributed by atoms with van der Waals surface area (Å²) in [5.74, 6) is 1.31. The lowest BCUT2D eigenvalue weighted by Crippen LogP contribution is -2.36. The van der Waals surface area contributed by atoms with Gasteiger partial charge in [0, 0.05) is 13.5 Å². The third kappa shape index (κ3) is 3.28. The van der Waals surface area contributed by atoms with E-state index < -0.39 is 0 Å².